The molecule has 0 saturated heterocycles. The molecule has 0 aliphatic rings. The third-order valence-corrected chi connectivity index (χ3v) is 2.80. The number of rotatable bonds is 3. The lowest BCUT2D eigenvalue weighted by atomic mass is 10.2. The van der Waals surface area contributed by atoms with Gasteiger partial charge in [0.1, 0.15) is 5.75 Å². The van der Waals surface area contributed by atoms with E-state index < -0.39 is 0 Å². The van der Waals surface area contributed by atoms with Crippen molar-refractivity contribution in [2.24, 2.45) is 0 Å². The topological polar surface area (TPSA) is 49.9 Å². The average Bonchev–Trinajstić information content (AvgIpc) is 2.83. The van der Waals surface area contributed by atoms with E-state index in [1.807, 2.05) is 48.5 Å². The van der Waals surface area contributed by atoms with E-state index in [9.17, 15) is 0 Å². The number of fused-ring (bicyclic) bond motifs is 1. The van der Waals surface area contributed by atoms with Gasteiger partial charge in [0, 0.05) is 17.1 Å². The third-order valence-electron chi connectivity index (χ3n) is 2.80. The number of nitrogens with one attached hydrogen (secondary N) is 2. The number of aromatic nitrogens is 2. The van der Waals surface area contributed by atoms with Crippen molar-refractivity contribution in [1.29, 1.82) is 0 Å². The second kappa shape index (κ2) is 4.41. The Balaban J connectivity index is 1.96. The molecule has 2 aromatic carbocycles. The summed E-state index contributed by atoms with van der Waals surface area (Å²) in [5, 5.41) is 11.6. The fraction of sp³-hybridized carbons (Fsp3) is 0.0714. The zero-order chi connectivity index (χ0) is 12.4. The molecular weight excluding hydrogens is 226 g/mol. The highest BCUT2D eigenvalue weighted by atomic mass is 16.5. The van der Waals surface area contributed by atoms with Crippen LogP contribution in [0.4, 0.5) is 11.5 Å². The second-order valence-corrected chi connectivity index (χ2v) is 3.97. The van der Waals surface area contributed by atoms with Crippen LogP contribution in [-0.4, -0.2) is 17.3 Å². The maximum Gasteiger partial charge on any atom is 0.160 e. The van der Waals surface area contributed by atoms with Crippen molar-refractivity contribution in [3.63, 3.8) is 0 Å². The van der Waals surface area contributed by atoms with Crippen LogP contribution in [0.15, 0.2) is 48.5 Å². The van der Waals surface area contributed by atoms with E-state index >= 15 is 0 Å². The van der Waals surface area contributed by atoms with Gasteiger partial charge in [0.15, 0.2) is 5.82 Å². The van der Waals surface area contributed by atoms with E-state index in [1.165, 1.54) is 0 Å². The summed E-state index contributed by atoms with van der Waals surface area (Å²) < 4.78 is 5.19. The molecule has 0 atom stereocenters. The summed E-state index contributed by atoms with van der Waals surface area (Å²) in [7, 11) is 1.66. The molecule has 0 saturated carbocycles. The van der Waals surface area contributed by atoms with Crippen molar-refractivity contribution in [3.8, 4) is 5.75 Å². The Morgan fingerprint density at radius 3 is 2.89 bits per heavy atom. The molecule has 1 heterocycles. The van der Waals surface area contributed by atoms with Gasteiger partial charge < -0.3 is 10.1 Å². The molecule has 1 aromatic heterocycles. The van der Waals surface area contributed by atoms with Gasteiger partial charge in [-0.15, -0.1) is 0 Å². The Bertz CT molecular complexity index is 675. The Morgan fingerprint density at radius 2 is 2.00 bits per heavy atom. The number of methoxy groups -OCH3 is 1. The van der Waals surface area contributed by atoms with Crippen LogP contribution in [0.1, 0.15) is 0 Å². The van der Waals surface area contributed by atoms with Crippen molar-refractivity contribution in [1.82, 2.24) is 10.2 Å². The molecule has 2 N–H and O–H groups in total. The highest BCUT2D eigenvalue weighted by Crippen LogP contribution is 2.25. The molecule has 0 aliphatic carbocycles. The summed E-state index contributed by atoms with van der Waals surface area (Å²) in [4.78, 5) is 0. The summed E-state index contributed by atoms with van der Waals surface area (Å²) in [6.07, 6.45) is 0. The minimum atomic E-state index is 0.818. The lowest BCUT2D eigenvalue weighted by Crippen LogP contribution is -1.92. The van der Waals surface area contributed by atoms with Crippen LogP contribution in [0, 0.1) is 0 Å². The molecular formula is C14H13N3O. The number of para-hydroxylation sites is 1. The molecule has 0 aliphatic heterocycles. The zero-order valence-electron chi connectivity index (χ0n) is 9.97. The molecule has 18 heavy (non-hydrogen) atoms. The van der Waals surface area contributed by atoms with Crippen LogP contribution in [0.5, 0.6) is 5.75 Å². The van der Waals surface area contributed by atoms with E-state index in [-0.39, 0.29) is 0 Å². The standard InChI is InChI=1S/C14H13N3O/c1-18-11-6-4-5-10(9-11)15-14-12-7-2-3-8-13(12)16-17-14/h2-9H,1H3,(H2,15,16,17). The fourth-order valence-corrected chi connectivity index (χ4v) is 1.90. The molecule has 4 heteroatoms. The largest absolute Gasteiger partial charge is 0.497 e. The maximum absolute atomic E-state index is 5.19. The van der Waals surface area contributed by atoms with E-state index in [0.29, 0.717) is 0 Å². The lowest BCUT2D eigenvalue weighted by Gasteiger charge is -2.05. The Labute approximate surface area is 105 Å². The van der Waals surface area contributed by atoms with Crippen molar-refractivity contribution >= 4 is 22.4 Å². The molecule has 0 amide bonds. The van der Waals surface area contributed by atoms with Crippen LogP contribution in [-0.2, 0) is 0 Å². The van der Waals surface area contributed by atoms with Gasteiger partial charge in [-0.1, -0.05) is 18.2 Å². The number of aromatic amines is 1. The number of hydrogen-bond acceptors (Lipinski definition) is 3. The van der Waals surface area contributed by atoms with Gasteiger partial charge in [-0.3, -0.25) is 5.10 Å². The van der Waals surface area contributed by atoms with Crippen LogP contribution in [0.3, 0.4) is 0 Å². The first-order valence-corrected chi connectivity index (χ1v) is 5.71. The number of anilines is 2. The summed E-state index contributed by atoms with van der Waals surface area (Å²) in [6, 6.07) is 15.8. The third kappa shape index (κ3) is 1.88. The van der Waals surface area contributed by atoms with Crippen molar-refractivity contribution < 1.29 is 4.74 Å². The first-order chi connectivity index (χ1) is 8.86. The maximum atomic E-state index is 5.19. The molecule has 0 spiro atoms. The predicted molar refractivity (Wildman–Crippen MR) is 72.4 cm³/mol. The van der Waals surface area contributed by atoms with E-state index in [0.717, 1.165) is 28.2 Å². The van der Waals surface area contributed by atoms with Crippen LogP contribution in [0.25, 0.3) is 10.9 Å². The molecule has 0 fully saturated rings. The highest BCUT2D eigenvalue weighted by molar-refractivity contribution is 5.91. The zero-order valence-corrected chi connectivity index (χ0v) is 9.97. The summed E-state index contributed by atoms with van der Waals surface area (Å²) >= 11 is 0. The smallest absolute Gasteiger partial charge is 0.160 e. The lowest BCUT2D eigenvalue weighted by molar-refractivity contribution is 0.415. The SMILES string of the molecule is COc1cccc(Nc2n[nH]c3ccccc23)c1. The first-order valence-electron chi connectivity index (χ1n) is 5.71. The number of H-pyrrole nitrogens is 1. The van der Waals surface area contributed by atoms with Crippen molar-refractivity contribution in [3.05, 3.63) is 48.5 Å². The number of hydrogen-bond donors (Lipinski definition) is 2. The van der Waals surface area contributed by atoms with Crippen molar-refractivity contribution in [2.75, 3.05) is 12.4 Å². The van der Waals surface area contributed by atoms with Gasteiger partial charge in [0.2, 0.25) is 0 Å². The average molecular weight is 239 g/mol. The summed E-state index contributed by atoms with van der Waals surface area (Å²) in [5.41, 5.74) is 1.97. The van der Waals surface area contributed by atoms with Gasteiger partial charge >= 0.3 is 0 Å². The minimum Gasteiger partial charge on any atom is -0.497 e. The molecule has 90 valence electrons. The molecule has 3 rings (SSSR count). The van der Waals surface area contributed by atoms with Gasteiger partial charge in [-0.25, -0.2) is 0 Å². The molecule has 0 bridgehead atoms. The van der Waals surface area contributed by atoms with E-state index in [4.69, 9.17) is 4.74 Å². The van der Waals surface area contributed by atoms with E-state index in [1.54, 1.807) is 7.11 Å². The summed E-state index contributed by atoms with van der Waals surface area (Å²) in [5.74, 6) is 1.64. The monoisotopic (exact) mass is 239 g/mol. The van der Waals surface area contributed by atoms with Crippen LogP contribution < -0.4 is 10.1 Å². The van der Waals surface area contributed by atoms with Crippen LogP contribution in [0.2, 0.25) is 0 Å². The van der Waals surface area contributed by atoms with Gasteiger partial charge in [-0.2, -0.15) is 5.10 Å². The molecule has 4 nitrogen and oxygen atoms in total. The Kier molecular flexibility index (Phi) is 2.61. The normalized spacial score (nSPS) is 10.5. The molecule has 0 radical (unpaired) electrons. The number of nitrogens with zero attached hydrogens (tertiary/aromatic N) is 1. The highest BCUT2D eigenvalue weighted by Gasteiger charge is 2.05. The quantitative estimate of drug-likeness (QED) is 0.737. The van der Waals surface area contributed by atoms with Crippen LogP contribution >= 0.6 is 0 Å². The Hall–Kier alpha value is -2.49. The van der Waals surface area contributed by atoms with Crippen molar-refractivity contribution in [2.45, 2.75) is 0 Å². The first kappa shape index (κ1) is 10.7. The number of benzene rings is 2. The van der Waals surface area contributed by atoms with Gasteiger partial charge in [0.25, 0.3) is 0 Å². The molecule has 3 aromatic rings. The second-order valence-electron chi connectivity index (χ2n) is 3.97. The van der Waals surface area contributed by atoms with E-state index in [2.05, 4.69) is 15.5 Å². The predicted octanol–water partition coefficient (Wildman–Crippen LogP) is 3.32. The number of ether oxygens (including phenoxy) is 1. The Morgan fingerprint density at radius 1 is 1.11 bits per heavy atom. The van der Waals surface area contributed by atoms with Gasteiger partial charge in [0.05, 0.1) is 12.6 Å². The molecule has 0 unspecified atom stereocenters. The summed E-state index contributed by atoms with van der Waals surface area (Å²) in [6.45, 7) is 0. The minimum absolute atomic E-state index is 0.818. The van der Waals surface area contributed by atoms with Gasteiger partial charge in [-0.05, 0) is 24.3 Å². The fourth-order valence-electron chi connectivity index (χ4n) is 1.90.